The maximum atomic E-state index is 12.9. The second kappa shape index (κ2) is 6.83. The van der Waals surface area contributed by atoms with Gasteiger partial charge < -0.3 is 15.2 Å². The molecule has 0 bridgehead atoms. The molecule has 0 fully saturated rings. The number of hydrogen-bond donors (Lipinski definition) is 2. The van der Waals surface area contributed by atoms with Crippen molar-refractivity contribution in [1.82, 2.24) is 15.1 Å². The minimum absolute atomic E-state index is 0.0512. The van der Waals surface area contributed by atoms with Gasteiger partial charge in [0, 0.05) is 17.8 Å². The van der Waals surface area contributed by atoms with E-state index in [1.165, 1.54) is 6.07 Å². The van der Waals surface area contributed by atoms with Crippen LogP contribution in [0.4, 0.5) is 36.4 Å². The number of anilines is 4. The first kappa shape index (κ1) is 18.0. The third-order valence-electron chi connectivity index (χ3n) is 3.28. The molecule has 0 aliphatic rings. The molecule has 3 rings (SSSR count). The Labute approximate surface area is 151 Å². The molecule has 0 radical (unpaired) electrons. The van der Waals surface area contributed by atoms with Crippen LogP contribution in [0, 0.1) is 13.8 Å². The SMILES string of the molecule is Cc1cc(Nc2cc(C)on2)nc(Nc2cc(C(F)(F)F)ccc2Cl)n1. The lowest BCUT2D eigenvalue weighted by molar-refractivity contribution is -0.137. The molecule has 0 amide bonds. The van der Waals surface area contributed by atoms with Crippen LogP contribution in [-0.4, -0.2) is 15.1 Å². The van der Waals surface area contributed by atoms with Crippen molar-refractivity contribution in [3.63, 3.8) is 0 Å². The van der Waals surface area contributed by atoms with Gasteiger partial charge in [0.2, 0.25) is 5.95 Å². The smallest absolute Gasteiger partial charge is 0.360 e. The van der Waals surface area contributed by atoms with Gasteiger partial charge in [0.05, 0.1) is 16.3 Å². The molecule has 0 aliphatic heterocycles. The summed E-state index contributed by atoms with van der Waals surface area (Å²) in [6, 6.07) is 6.31. The molecule has 0 spiro atoms. The van der Waals surface area contributed by atoms with E-state index < -0.39 is 11.7 Å². The van der Waals surface area contributed by atoms with Gasteiger partial charge in [-0.1, -0.05) is 16.8 Å². The Morgan fingerprint density at radius 3 is 2.42 bits per heavy atom. The van der Waals surface area contributed by atoms with Crippen molar-refractivity contribution in [3.05, 3.63) is 52.4 Å². The Bertz CT molecular complexity index is 942. The average Bonchev–Trinajstić information content (AvgIpc) is 2.93. The van der Waals surface area contributed by atoms with E-state index in [4.69, 9.17) is 16.1 Å². The van der Waals surface area contributed by atoms with Gasteiger partial charge in [-0.2, -0.15) is 18.2 Å². The summed E-state index contributed by atoms with van der Waals surface area (Å²) >= 11 is 5.98. The van der Waals surface area contributed by atoms with E-state index in [2.05, 4.69) is 25.8 Å². The van der Waals surface area contributed by atoms with Gasteiger partial charge in [0.1, 0.15) is 11.6 Å². The second-order valence-electron chi connectivity index (χ2n) is 5.48. The molecule has 2 aromatic heterocycles. The van der Waals surface area contributed by atoms with Gasteiger partial charge in [-0.3, -0.25) is 0 Å². The second-order valence-corrected chi connectivity index (χ2v) is 5.89. The van der Waals surface area contributed by atoms with Gasteiger partial charge in [0.25, 0.3) is 0 Å². The molecule has 26 heavy (non-hydrogen) atoms. The fourth-order valence-electron chi connectivity index (χ4n) is 2.16. The maximum absolute atomic E-state index is 12.9. The minimum Gasteiger partial charge on any atom is -0.360 e. The molecule has 10 heteroatoms. The van der Waals surface area contributed by atoms with E-state index in [1.54, 1.807) is 26.0 Å². The van der Waals surface area contributed by atoms with Gasteiger partial charge in [-0.05, 0) is 32.0 Å². The van der Waals surface area contributed by atoms with E-state index in [1.807, 2.05) is 0 Å². The Hall–Kier alpha value is -2.81. The largest absolute Gasteiger partial charge is 0.416 e. The van der Waals surface area contributed by atoms with Crippen LogP contribution in [0.15, 0.2) is 34.9 Å². The van der Waals surface area contributed by atoms with E-state index in [0.717, 1.165) is 12.1 Å². The number of aryl methyl sites for hydroxylation is 2. The molecule has 3 aromatic rings. The van der Waals surface area contributed by atoms with Crippen molar-refractivity contribution in [1.29, 1.82) is 0 Å². The normalized spacial score (nSPS) is 11.5. The number of nitrogens with zero attached hydrogens (tertiary/aromatic N) is 3. The number of nitrogens with one attached hydrogen (secondary N) is 2. The maximum Gasteiger partial charge on any atom is 0.416 e. The van der Waals surface area contributed by atoms with Crippen LogP contribution in [0.5, 0.6) is 0 Å². The Balaban J connectivity index is 1.88. The Morgan fingerprint density at radius 2 is 1.77 bits per heavy atom. The highest BCUT2D eigenvalue weighted by Crippen LogP contribution is 2.34. The summed E-state index contributed by atoms with van der Waals surface area (Å²) in [5.74, 6) is 1.56. The van der Waals surface area contributed by atoms with Crippen LogP contribution in [0.3, 0.4) is 0 Å². The summed E-state index contributed by atoms with van der Waals surface area (Å²) in [5, 5.41) is 9.56. The minimum atomic E-state index is -4.48. The van der Waals surface area contributed by atoms with Crippen molar-refractivity contribution < 1.29 is 17.7 Å². The summed E-state index contributed by atoms with van der Waals surface area (Å²) in [6.45, 7) is 3.46. The summed E-state index contributed by atoms with van der Waals surface area (Å²) < 4.78 is 43.6. The standard InChI is InChI=1S/C16H13ClF3N5O/c1-8-5-13(23-14-6-9(2)26-25-14)24-15(21-8)22-12-7-10(16(18,19)20)3-4-11(12)17/h3-7H,1-2H3,(H2,21,22,23,24,25). The molecule has 0 aliphatic carbocycles. The molecule has 136 valence electrons. The number of benzene rings is 1. The number of alkyl halides is 3. The predicted octanol–water partition coefficient (Wildman–Crippen LogP) is 5.24. The van der Waals surface area contributed by atoms with Crippen LogP contribution >= 0.6 is 11.6 Å². The topological polar surface area (TPSA) is 75.9 Å². The van der Waals surface area contributed by atoms with Gasteiger partial charge in [-0.25, -0.2) is 4.98 Å². The van der Waals surface area contributed by atoms with Crippen LogP contribution in [0.2, 0.25) is 5.02 Å². The van der Waals surface area contributed by atoms with Gasteiger partial charge in [0.15, 0.2) is 5.82 Å². The zero-order valence-corrected chi connectivity index (χ0v) is 14.4. The molecular formula is C16H13ClF3N5O. The lowest BCUT2D eigenvalue weighted by atomic mass is 10.2. The highest BCUT2D eigenvalue weighted by Gasteiger charge is 2.31. The third kappa shape index (κ3) is 4.23. The molecule has 0 atom stereocenters. The summed E-state index contributed by atoms with van der Waals surface area (Å²) in [6.07, 6.45) is -4.48. The van der Waals surface area contributed by atoms with E-state index in [9.17, 15) is 13.2 Å². The zero-order valence-electron chi connectivity index (χ0n) is 13.6. The lowest BCUT2D eigenvalue weighted by Crippen LogP contribution is -2.07. The molecule has 2 heterocycles. The van der Waals surface area contributed by atoms with E-state index in [-0.39, 0.29) is 16.7 Å². The molecule has 2 N–H and O–H groups in total. The first-order valence-corrected chi connectivity index (χ1v) is 7.78. The van der Waals surface area contributed by atoms with Gasteiger partial charge in [-0.15, -0.1) is 0 Å². The Kier molecular flexibility index (Phi) is 4.73. The third-order valence-corrected chi connectivity index (χ3v) is 3.61. The Morgan fingerprint density at radius 1 is 1.00 bits per heavy atom. The monoisotopic (exact) mass is 383 g/mol. The number of halogens is 4. The van der Waals surface area contributed by atoms with Crippen molar-refractivity contribution in [2.45, 2.75) is 20.0 Å². The summed E-state index contributed by atoms with van der Waals surface area (Å²) in [5.41, 5.74) is -0.183. The van der Waals surface area contributed by atoms with Crippen LogP contribution in [-0.2, 0) is 6.18 Å². The number of rotatable bonds is 4. The van der Waals surface area contributed by atoms with Crippen molar-refractivity contribution in [3.8, 4) is 0 Å². The number of aromatic nitrogens is 3. The van der Waals surface area contributed by atoms with Crippen molar-refractivity contribution in [2.75, 3.05) is 10.6 Å². The average molecular weight is 384 g/mol. The molecule has 0 unspecified atom stereocenters. The van der Waals surface area contributed by atoms with E-state index >= 15 is 0 Å². The van der Waals surface area contributed by atoms with Crippen LogP contribution < -0.4 is 10.6 Å². The van der Waals surface area contributed by atoms with Crippen LogP contribution in [0.1, 0.15) is 17.0 Å². The summed E-state index contributed by atoms with van der Waals surface area (Å²) in [4.78, 5) is 8.37. The highest BCUT2D eigenvalue weighted by atomic mass is 35.5. The van der Waals surface area contributed by atoms with Crippen molar-refractivity contribution >= 4 is 34.9 Å². The molecule has 0 saturated heterocycles. The molecular weight excluding hydrogens is 371 g/mol. The fraction of sp³-hybridized carbons (Fsp3) is 0.188. The van der Waals surface area contributed by atoms with Crippen LogP contribution in [0.25, 0.3) is 0 Å². The molecule has 0 saturated carbocycles. The molecule has 6 nitrogen and oxygen atoms in total. The zero-order chi connectivity index (χ0) is 18.9. The first-order valence-electron chi connectivity index (χ1n) is 7.40. The lowest BCUT2D eigenvalue weighted by Gasteiger charge is -2.12. The fourth-order valence-corrected chi connectivity index (χ4v) is 2.33. The van der Waals surface area contributed by atoms with Crippen molar-refractivity contribution in [2.24, 2.45) is 0 Å². The number of hydrogen-bond acceptors (Lipinski definition) is 6. The first-order chi connectivity index (χ1) is 12.2. The summed E-state index contributed by atoms with van der Waals surface area (Å²) in [7, 11) is 0. The van der Waals surface area contributed by atoms with E-state index in [0.29, 0.717) is 23.1 Å². The quantitative estimate of drug-likeness (QED) is 0.641. The molecule has 1 aromatic carbocycles. The highest BCUT2D eigenvalue weighted by molar-refractivity contribution is 6.33. The van der Waals surface area contributed by atoms with Gasteiger partial charge >= 0.3 is 6.18 Å². The predicted molar refractivity (Wildman–Crippen MR) is 91.0 cm³/mol.